The molecular formula is C20H15FN4O. The Morgan fingerprint density at radius 3 is 2.73 bits per heavy atom. The van der Waals surface area contributed by atoms with Crippen molar-refractivity contribution in [3.8, 4) is 11.1 Å². The van der Waals surface area contributed by atoms with Gasteiger partial charge >= 0.3 is 0 Å². The summed E-state index contributed by atoms with van der Waals surface area (Å²) in [6.07, 6.45) is 3.20. The molecular weight excluding hydrogens is 331 g/mol. The second kappa shape index (κ2) is 6.40. The number of nitrogens with one attached hydrogen (secondary N) is 2. The molecule has 0 aliphatic carbocycles. The van der Waals surface area contributed by atoms with Crippen molar-refractivity contribution in [3.05, 3.63) is 78.0 Å². The number of carbonyl (C=O) groups excluding carboxylic acids is 1. The summed E-state index contributed by atoms with van der Waals surface area (Å²) in [5.41, 5.74) is 3.84. The molecule has 4 rings (SSSR count). The number of aromatic nitrogens is 3. The minimum absolute atomic E-state index is 0.259. The quantitative estimate of drug-likeness (QED) is 0.580. The minimum atomic E-state index is -0.324. The lowest BCUT2D eigenvalue weighted by molar-refractivity contribution is 0.102. The molecule has 1 amide bonds. The average Bonchev–Trinajstić information content (AvgIpc) is 3.08. The zero-order chi connectivity index (χ0) is 18.1. The molecule has 0 radical (unpaired) electrons. The van der Waals surface area contributed by atoms with Crippen molar-refractivity contribution in [1.29, 1.82) is 0 Å². The average molecular weight is 346 g/mol. The smallest absolute Gasteiger partial charge is 0.276 e. The molecule has 0 atom stereocenters. The number of hydrogen-bond acceptors (Lipinski definition) is 3. The lowest BCUT2D eigenvalue weighted by Gasteiger charge is -2.07. The van der Waals surface area contributed by atoms with Crippen LogP contribution in [0.2, 0.25) is 0 Å². The maximum absolute atomic E-state index is 13.9. The number of anilines is 1. The van der Waals surface area contributed by atoms with Crippen molar-refractivity contribution in [2.45, 2.75) is 6.92 Å². The number of amides is 1. The van der Waals surface area contributed by atoms with Crippen LogP contribution in [-0.2, 0) is 0 Å². The molecule has 0 saturated carbocycles. The second-order valence-electron chi connectivity index (χ2n) is 5.93. The van der Waals surface area contributed by atoms with E-state index in [9.17, 15) is 9.18 Å². The van der Waals surface area contributed by atoms with E-state index < -0.39 is 0 Å². The van der Waals surface area contributed by atoms with E-state index in [1.165, 1.54) is 6.07 Å². The Balaban J connectivity index is 1.75. The molecule has 2 aromatic carbocycles. The highest BCUT2D eigenvalue weighted by Crippen LogP contribution is 2.29. The zero-order valence-corrected chi connectivity index (χ0v) is 14.0. The van der Waals surface area contributed by atoms with Crippen molar-refractivity contribution >= 4 is 22.5 Å². The molecule has 2 heterocycles. The molecule has 0 saturated heterocycles. The van der Waals surface area contributed by atoms with Crippen molar-refractivity contribution in [1.82, 2.24) is 15.2 Å². The molecule has 0 bridgehead atoms. The Kier molecular flexibility index (Phi) is 3.93. The van der Waals surface area contributed by atoms with Crippen molar-refractivity contribution in [3.63, 3.8) is 0 Å². The van der Waals surface area contributed by atoms with Gasteiger partial charge in [0.25, 0.3) is 5.91 Å². The van der Waals surface area contributed by atoms with Crippen LogP contribution < -0.4 is 5.32 Å². The van der Waals surface area contributed by atoms with Gasteiger partial charge in [0.1, 0.15) is 5.82 Å². The number of carbonyl (C=O) groups is 1. The summed E-state index contributed by atoms with van der Waals surface area (Å²) in [5, 5.41) is 10.5. The van der Waals surface area contributed by atoms with E-state index in [-0.39, 0.29) is 17.4 Å². The first-order valence-electron chi connectivity index (χ1n) is 8.08. The van der Waals surface area contributed by atoms with Crippen LogP contribution in [0.1, 0.15) is 16.1 Å². The van der Waals surface area contributed by atoms with Gasteiger partial charge in [-0.15, -0.1) is 0 Å². The molecule has 6 heteroatoms. The van der Waals surface area contributed by atoms with Gasteiger partial charge in [0.15, 0.2) is 5.69 Å². The van der Waals surface area contributed by atoms with E-state index in [4.69, 9.17) is 0 Å². The van der Waals surface area contributed by atoms with Gasteiger partial charge in [-0.2, -0.15) is 5.10 Å². The Labute approximate surface area is 148 Å². The summed E-state index contributed by atoms with van der Waals surface area (Å²) < 4.78 is 13.9. The van der Waals surface area contributed by atoms with Gasteiger partial charge in [-0.3, -0.25) is 14.9 Å². The van der Waals surface area contributed by atoms with Gasteiger partial charge in [0.05, 0.1) is 5.52 Å². The minimum Gasteiger partial charge on any atom is -0.320 e. The summed E-state index contributed by atoms with van der Waals surface area (Å²) in [7, 11) is 0. The van der Waals surface area contributed by atoms with Crippen LogP contribution in [-0.4, -0.2) is 21.1 Å². The Morgan fingerprint density at radius 2 is 1.92 bits per heavy atom. The Bertz CT molecular complexity index is 1110. The van der Waals surface area contributed by atoms with Crippen molar-refractivity contribution in [2.75, 3.05) is 5.32 Å². The van der Waals surface area contributed by atoms with Gasteiger partial charge in [0, 0.05) is 23.5 Å². The van der Waals surface area contributed by atoms with E-state index in [1.54, 1.807) is 37.5 Å². The highest BCUT2D eigenvalue weighted by molar-refractivity contribution is 6.11. The first kappa shape index (κ1) is 16.0. The summed E-state index contributed by atoms with van der Waals surface area (Å²) in [4.78, 5) is 16.5. The number of aromatic amines is 1. The van der Waals surface area contributed by atoms with E-state index in [0.29, 0.717) is 16.6 Å². The molecule has 128 valence electrons. The van der Waals surface area contributed by atoms with Crippen LogP contribution >= 0.6 is 0 Å². The van der Waals surface area contributed by atoms with Crippen LogP contribution in [0, 0.1) is 12.7 Å². The second-order valence-corrected chi connectivity index (χ2v) is 5.93. The predicted octanol–water partition coefficient (Wildman–Crippen LogP) is 4.32. The summed E-state index contributed by atoms with van der Waals surface area (Å²) in [5.74, 6) is -0.582. The molecule has 0 unspecified atom stereocenters. The lowest BCUT2D eigenvalue weighted by Crippen LogP contribution is -2.12. The number of benzene rings is 2. The summed E-state index contributed by atoms with van der Waals surface area (Å²) >= 11 is 0. The first-order valence-corrected chi connectivity index (χ1v) is 8.08. The van der Waals surface area contributed by atoms with Crippen LogP contribution in [0.3, 0.4) is 0 Å². The third-order valence-electron chi connectivity index (χ3n) is 4.29. The topological polar surface area (TPSA) is 70.7 Å². The molecule has 4 aromatic rings. The van der Waals surface area contributed by atoms with Crippen LogP contribution in [0.4, 0.5) is 10.1 Å². The van der Waals surface area contributed by atoms with Crippen molar-refractivity contribution < 1.29 is 9.18 Å². The van der Waals surface area contributed by atoms with E-state index in [0.717, 1.165) is 16.6 Å². The molecule has 26 heavy (non-hydrogen) atoms. The number of halogens is 1. The molecule has 2 N–H and O–H groups in total. The normalized spacial score (nSPS) is 10.8. The number of rotatable bonds is 3. The molecule has 5 nitrogen and oxygen atoms in total. The fourth-order valence-electron chi connectivity index (χ4n) is 2.90. The standard InChI is InChI=1S/C20H15FN4O/c1-12-15(3-2-4-17(12)21)13-5-6-18-16(11-13)19(25-24-18)20(26)23-14-7-9-22-10-8-14/h2-11H,1H3,(H,24,25)(H,22,23,26). The van der Waals surface area contributed by atoms with Gasteiger partial charge in [-0.05, 0) is 53.9 Å². The Morgan fingerprint density at radius 1 is 1.12 bits per heavy atom. The van der Waals surface area contributed by atoms with Gasteiger partial charge in [0.2, 0.25) is 0 Å². The lowest BCUT2D eigenvalue weighted by atomic mass is 9.98. The highest BCUT2D eigenvalue weighted by atomic mass is 19.1. The van der Waals surface area contributed by atoms with Crippen LogP contribution in [0.25, 0.3) is 22.0 Å². The summed E-state index contributed by atoms with van der Waals surface area (Å²) in [6.45, 7) is 1.74. The van der Waals surface area contributed by atoms with Crippen LogP contribution in [0.5, 0.6) is 0 Å². The number of nitrogens with zero attached hydrogens (tertiary/aromatic N) is 2. The third kappa shape index (κ3) is 2.82. The fourth-order valence-corrected chi connectivity index (χ4v) is 2.90. The van der Waals surface area contributed by atoms with Gasteiger partial charge in [-0.25, -0.2) is 4.39 Å². The molecule has 0 spiro atoms. The number of H-pyrrole nitrogens is 1. The molecule has 0 fully saturated rings. The maximum Gasteiger partial charge on any atom is 0.276 e. The first-order chi connectivity index (χ1) is 12.6. The SMILES string of the molecule is Cc1c(F)cccc1-c1ccc2[nH]nc(C(=O)Nc3ccncc3)c2c1. The largest absolute Gasteiger partial charge is 0.320 e. The zero-order valence-electron chi connectivity index (χ0n) is 14.0. The fraction of sp³-hybridized carbons (Fsp3) is 0.0500. The number of fused-ring (bicyclic) bond motifs is 1. The summed E-state index contributed by atoms with van der Waals surface area (Å²) in [6, 6.07) is 13.9. The van der Waals surface area contributed by atoms with Gasteiger partial charge < -0.3 is 5.32 Å². The Hall–Kier alpha value is -3.54. The van der Waals surface area contributed by atoms with Crippen molar-refractivity contribution in [2.24, 2.45) is 0 Å². The van der Waals surface area contributed by atoms with Crippen LogP contribution in [0.15, 0.2) is 60.9 Å². The highest BCUT2D eigenvalue weighted by Gasteiger charge is 2.16. The van der Waals surface area contributed by atoms with Gasteiger partial charge in [-0.1, -0.05) is 18.2 Å². The van der Waals surface area contributed by atoms with E-state index in [2.05, 4.69) is 20.5 Å². The monoisotopic (exact) mass is 346 g/mol. The molecule has 0 aliphatic rings. The number of hydrogen-bond donors (Lipinski definition) is 2. The maximum atomic E-state index is 13.9. The predicted molar refractivity (Wildman–Crippen MR) is 98.4 cm³/mol. The molecule has 2 aromatic heterocycles. The third-order valence-corrected chi connectivity index (χ3v) is 4.29. The van der Waals surface area contributed by atoms with E-state index in [1.807, 2.05) is 24.3 Å². The van der Waals surface area contributed by atoms with E-state index >= 15 is 0 Å². The molecule has 0 aliphatic heterocycles. The number of pyridine rings is 1.